The highest BCUT2D eigenvalue weighted by Gasteiger charge is 2.16. The molecule has 0 unspecified atom stereocenters. The Balaban J connectivity index is 2.68. The summed E-state index contributed by atoms with van der Waals surface area (Å²) in [5.41, 5.74) is 0.734. The number of carbonyl (C=O) groups excluding carboxylic acids is 1. The van der Waals surface area contributed by atoms with Crippen LogP contribution in [0.5, 0.6) is 11.5 Å². The molecule has 0 heterocycles. The Hall–Kier alpha value is -1.35. The number of hydrogen-bond donors (Lipinski definition) is 4. The van der Waals surface area contributed by atoms with E-state index >= 15 is 0 Å². The molecule has 0 aliphatic carbocycles. The molecule has 1 aromatic carbocycles. The van der Waals surface area contributed by atoms with Crippen LogP contribution in [0.25, 0.3) is 0 Å². The lowest BCUT2D eigenvalue weighted by Crippen LogP contribution is -2.43. The molecule has 0 aromatic heterocycles. The highest BCUT2D eigenvalue weighted by atomic mass is 79.9. The predicted molar refractivity (Wildman–Crippen MR) is 110 cm³/mol. The first kappa shape index (κ1) is 23.7. The number of carbonyl (C=O) groups is 1. The third-order valence-corrected chi connectivity index (χ3v) is 4.11. The van der Waals surface area contributed by atoms with Gasteiger partial charge in [-0.2, -0.15) is 0 Å². The van der Waals surface area contributed by atoms with Crippen LogP contribution in [-0.4, -0.2) is 56.0 Å². The zero-order chi connectivity index (χ0) is 20.3. The fourth-order valence-corrected chi connectivity index (χ4v) is 2.76. The first-order chi connectivity index (χ1) is 12.8. The third-order valence-electron chi connectivity index (χ3n) is 3.37. The maximum absolute atomic E-state index is 12.0. The average Bonchev–Trinajstić information content (AvgIpc) is 2.57. The summed E-state index contributed by atoms with van der Waals surface area (Å²) in [4.78, 5) is 12.0. The molecule has 0 atom stereocenters. The molecule has 0 bridgehead atoms. The largest absolute Gasteiger partial charge is 0.490 e. The number of halogens is 1. The van der Waals surface area contributed by atoms with Crippen molar-refractivity contribution in [2.75, 3.05) is 39.5 Å². The second-order valence-corrected chi connectivity index (χ2v) is 7.91. The van der Waals surface area contributed by atoms with Crippen molar-refractivity contribution in [1.82, 2.24) is 16.0 Å². The van der Waals surface area contributed by atoms with Gasteiger partial charge in [-0.25, -0.2) is 0 Å². The van der Waals surface area contributed by atoms with E-state index in [1.807, 2.05) is 39.8 Å². The normalized spacial score (nSPS) is 11.3. The van der Waals surface area contributed by atoms with Crippen molar-refractivity contribution in [2.45, 2.75) is 39.8 Å². The van der Waals surface area contributed by atoms with Gasteiger partial charge in [-0.15, -0.1) is 0 Å². The lowest BCUT2D eigenvalue weighted by atomic mass is 10.1. The number of aliphatic hydroxyl groups excluding tert-OH is 1. The van der Waals surface area contributed by atoms with Crippen LogP contribution in [0.2, 0.25) is 0 Å². The Bertz CT molecular complexity index is 591. The highest BCUT2D eigenvalue weighted by molar-refractivity contribution is 9.10. The van der Waals surface area contributed by atoms with Crippen molar-refractivity contribution in [3.63, 3.8) is 0 Å². The molecule has 0 aliphatic heterocycles. The van der Waals surface area contributed by atoms with E-state index in [0.717, 1.165) is 23.1 Å². The van der Waals surface area contributed by atoms with Crippen molar-refractivity contribution < 1.29 is 19.4 Å². The molecule has 4 N–H and O–H groups in total. The van der Waals surface area contributed by atoms with Crippen LogP contribution in [0.1, 0.15) is 33.3 Å². The Kier molecular flexibility index (Phi) is 10.7. The van der Waals surface area contributed by atoms with Crippen molar-refractivity contribution in [3.05, 3.63) is 22.2 Å². The molecular weight excluding hydrogens is 414 g/mol. The summed E-state index contributed by atoms with van der Waals surface area (Å²) in [6.45, 7) is 11.1. The van der Waals surface area contributed by atoms with E-state index in [9.17, 15) is 4.79 Å². The number of amides is 1. The maximum Gasteiger partial charge on any atom is 0.258 e. The lowest BCUT2D eigenvalue weighted by molar-refractivity contribution is -0.124. The van der Waals surface area contributed by atoms with Gasteiger partial charge in [0.15, 0.2) is 18.1 Å². The minimum Gasteiger partial charge on any atom is -0.490 e. The van der Waals surface area contributed by atoms with Crippen molar-refractivity contribution >= 4 is 21.8 Å². The Labute approximate surface area is 170 Å². The number of hydrogen-bond acceptors (Lipinski definition) is 6. The molecule has 0 aliphatic rings. The molecule has 0 spiro atoms. The number of benzene rings is 1. The first-order valence-electron chi connectivity index (χ1n) is 9.18. The Morgan fingerprint density at radius 2 is 1.78 bits per heavy atom. The second kappa shape index (κ2) is 12.2. The SMILES string of the molecule is CCOc1cc(CNCCNCCO)c(Br)cc1OCC(=O)NC(C)(C)C. The van der Waals surface area contributed by atoms with Crippen LogP contribution in [0, 0.1) is 0 Å². The Morgan fingerprint density at radius 1 is 1.11 bits per heavy atom. The summed E-state index contributed by atoms with van der Waals surface area (Å²) in [7, 11) is 0. The van der Waals surface area contributed by atoms with Crippen LogP contribution in [0.4, 0.5) is 0 Å². The molecule has 0 fully saturated rings. The van der Waals surface area contributed by atoms with E-state index in [4.69, 9.17) is 14.6 Å². The molecule has 27 heavy (non-hydrogen) atoms. The van der Waals surface area contributed by atoms with Gasteiger partial charge in [0.1, 0.15) is 0 Å². The zero-order valence-electron chi connectivity index (χ0n) is 16.7. The molecule has 0 radical (unpaired) electrons. The molecule has 1 amide bonds. The number of aliphatic hydroxyl groups is 1. The summed E-state index contributed by atoms with van der Waals surface area (Å²) in [5.74, 6) is 0.961. The van der Waals surface area contributed by atoms with Crippen molar-refractivity contribution in [1.29, 1.82) is 0 Å². The van der Waals surface area contributed by atoms with Gasteiger partial charge in [0.05, 0.1) is 13.2 Å². The fourth-order valence-electron chi connectivity index (χ4n) is 2.30. The van der Waals surface area contributed by atoms with E-state index in [2.05, 4.69) is 31.9 Å². The second-order valence-electron chi connectivity index (χ2n) is 7.06. The van der Waals surface area contributed by atoms with Gasteiger partial charge in [-0.05, 0) is 45.4 Å². The smallest absolute Gasteiger partial charge is 0.258 e. The van der Waals surface area contributed by atoms with E-state index in [1.54, 1.807) is 0 Å². The van der Waals surface area contributed by atoms with Gasteiger partial charge in [0.25, 0.3) is 5.91 Å². The monoisotopic (exact) mass is 445 g/mol. The molecule has 154 valence electrons. The minimum atomic E-state index is -0.300. The zero-order valence-corrected chi connectivity index (χ0v) is 18.2. The van der Waals surface area contributed by atoms with Gasteiger partial charge >= 0.3 is 0 Å². The van der Waals surface area contributed by atoms with Crippen LogP contribution in [0.15, 0.2) is 16.6 Å². The lowest BCUT2D eigenvalue weighted by Gasteiger charge is -2.21. The average molecular weight is 446 g/mol. The summed E-state index contributed by atoms with van der Waals surface area (Å²) in [6.07, 6.45) is 0. The van der Waals surface area contributed by atoms with E-state index in [-0.39, 0.29) is 24.7 Å². The quantitative estimate of drug-likeness (QED) is 0.366. The van der Waals surface area contributed by atoms with Crippen LogP contribution in [-0.2, 0) is 11.3 Å². The summed E-state index contributed by atoms with van der Waals surface area (Å²) < 4.78 is 12.2. The first-order valence-corrected chi connectivity index (χ1v) is 9.97. The highest BCUT2D eigenvalue weighted by Crippen LogP contribution is 2.34. The molecule has 8 heteroatoms. The topological polar surface area (TPSA) is 91.8 Å². The maximum atomic E-state index is 12.0. The standard InChI is InChI=1S/C19H32BrN3O4/c1-5-26-16-10-14(12-22-7-6-21-8-9-24)15(20)11-17(16)27-13-18(25)23-19(2,3)4/h10-11,21-22,24H,5-9,12-13H2,1-4H3,(H,23,25). The van der Waals surface area contributed by atoms with E-state index in [1.165, 1.54) is 0 Å². The summed E-state index contributed by atoms with van der Waals surface area (Å²) in [6, 6.07) is 3.75. The number of nitrogens with one attached hydrogen (secondary N) is 3. The summed E-state index contributed by atoms with van der Waals surface area (Å²) in [5, 5.41) is 18.1. The molecule has 0 saturated heterocycles. The Morgan fingerprint density at radius 3 is 2.41 bits per heavy atom. The van der Waals surface area contributed by atoms with Crippen LogP contribution in [0.3, 0.4) is 0 Å². The van der Waals surface area contributed by atoms with Crippen LogP contribution < -0.4 is 25.4 Å². The molecule has 7 nitrogen and oxygen atoms in total. The van der Waals surface area contributed by atoms with Gasteiger partial charge in [-0.1, -0.05) is 15.9 Å². The summed E-state index contributed by atoms with van der Waals surface area (Å²) >= 11 is 3.56. The number of ether oxygens (including phenoxy) is 2. The van der Waals surface area contributed by atoms with E-state index in [0.29, 0.717) is 31.2 Å². The van der Waals surface area contributed by atoms with Gasteiger partial charge in [0.2, 0.25) is 0 Å². The molecule has 1 aromatic rings. The molecule has 0 saturated carbocycles. The number of rotatable bonds is 12. The van der Waals surface area contributed by atoms with Gasteiger partial charge < -0.3 is 30.5 Å². The molecule has 1 rings (SSSR count). The minimum absolute atomic E-state index is 0.0715. The van der Waals surface area contributed by atoms with Crippen LogP contribution >= 0.6 is 15.9 Å². The fraction of sp³-hybridized carbons (Fsp3) is 0.632. The van der Waals surface area contributed by atoms with Crippen molar-refractivity contribution in [3.8, 4) is 11.5 Å². The van der Waals surface area contributed by atoms with Gasteiger partial charge in [0, 0.05) is 36.2 Å². The van der Waals surface area contributed by atoms with Gasteiger partial charge in [-0.3, -0.25) is 4.79 Å². The van der Waals surface area contributed by atoms with Crippen molar-refractivity contribution in [2.24, 2.45) is 0 Å². The van der Waals surface area contributed by atoms with E-state index < -0.39 is 0 Å². The predicted octanol–water partition coefficient (Wildman–Crippen LogP) is 1.81. The third kappa shape index (κ3) is 9.95. The molecular formula is C19H32BrN3O4.